The number of carbonyl (C=O) groups is 2. The molecule has 3 amide bonds. The first-order valence-corrected chi connectivity index (χ1v) is 20.4. The number of para-hydroxylation sites is 1. The standard InChI is InChI=1S/C29H32N6O5S.C14H16N2O4/c1-29(2,18-36)25-16-26(33-40-25)32-27(37)30-20-5-3-19(4-6-20)22-17-35-23-8-7-21(15-24(23)41-28(35)31-22)39-14-11-34-9-12-38-13-10-34;1-14(2,9-17)11-8-12(16-20-11)15-13(18)19-10-6-4-3-5-7-10/h3-8,15-17,36H,9-14,18H2,1-2H3,(H2,30,32,33,37);3-8,17H,9H2,1-2H3,(H,15,16,18). The first kappa shape index (κ1) is 42.8. The summed E-state index contributed by atoms with van der Waals surface area (Å²) in [6, 6.07) is 25.0. The van der Waals surface area contributed by atoms with Crippen molar-refractivity contribution in [3.05, 3.63) is 103 Å². The second-order valence-corrected chi connectivity index (χ2v) is 16.5. The number of hydrogen-bond donors (Lipinski definition) is 5. The van der Waals surface area contributed by atoms with E-state index in [1.54, 1.807) is 61.6 Å². The van der Waals surface area contributed by atoms with Gasteiger partial charge in [0.25, 0.3) is 0 Å². The van der Waals surface area contributed by atoms with Crippen molar-refractivity contribution in [2.75, 3.05) is 68.6 Å². The summed E-state index contributed by atoms with van der Waals surface area (Å²) in [6.07, 6.45) is 1.37. The van der Waals surface area contributed by atoms with Crippen LogP contribution < -0.4 is 25.4 Å². The van der Waals surface area contributed by atoms with Gasteiger partial charge in [-0.3, -0.25) is 19.9 Å². The second kappa shape index (κ2) is 18.9. The van der Waals surface area contributed by atoms with Crippen LogP contribution in [0.4, 0.5) is 26.9 Å². The van der Waals surface area contributed by atoms with E-state index in [1.165, 1.54) is 0 Å². The van der Waals surface area contributed by atoms with Gasteiger partial charge in [-0.15, -0.1) is 0 Å². The summed E-state index contributed by atoms with van der Waals surface area (Å²) in [5.41, 5.74) is 2.34. The lowest BCUT2D eigenvalue weighted by molar-refractivity contribution is 0.0322. The summed E-state index contributed by atoms with van der Waals surface area (Å²) >= 11 is 1.62. The summed E-state index contributed by atoms with van der Waals surface area (Å²) in [5, 5.41) is 34.2. The van der Waals surface area contributed by atoms with Crippen molar-refractivity contribution >= 4 is 56.0 Å². The first-order chi connectivity index (χ1) is 29.4. The van der Waals surface area contributed by atoms with E-state index >= 15 is 0 Å². The number of aromatic nitrogens is 4. The molecule has 320 valence electrons. The molecule has 0 aliphatic carbocycles. The number of morpholine rings is 1. The smallest absolute Gasteiger partial charge is 0.418 e. The monoisotopic (exact) mass is 852 g/mol. The van der Waals surface area contributed by atoms with Gasteiger partial charge in [0.2, 0.25) is 0 Å². The number of imidazole rings is 1. The molecule has 0 unspecified atom stereocenters. The van der Waals surface area contributed by atoms with E-state index in [-0.39, 0.29) is 24.8 Å². The van der Waals surface area contributed by atoms with Crippen LogP contribution in [0, 0.1) is 0 Å². The van der Waals surface area contributed by atoms with Gasteiger partial charge in [0, 0.05) is 60.0 Å². The molecule has 0 radical (unpaired) electrons. The Bertz CT molecular complexity index is 2540. The molecule has 17 nitrogen and oxygen atoms in total. The molecule has 18 heteroatoms. The van der Waals surface area contributed by atoms with Gasteiger partial charge in [-0.1, -0.05) is 79.7 Å². The quantitative estimate of drug-likeness (QED) is 0.0767. The Morgan fingerprint density at radius 1 is 0.803 bits per heavy atom. The summed E-state index contributed by atoms with van der Waals surface area (Å²) in [5.74, 6) is 2.77. The number of benzene rings is 3. The maximum absolute atomic E-state index is 12.4. The second-order valence-electron chi connectivity index (χ2n) is 15.5. The average Bonchev–Trinajstić information content (AvgIpc) is 4.08. The van der Waals surface area contributed by atoms with Crippen LogP contribution in [0.3, 0.4) is 0 Å². The third-order valence-corrected chi connectivity index (χ3v) is 10.9. The fourth-order valence-electron chi connectivity index (χ4n) is 6.02. The van der Waals surface area contributed by atoms with Crippen LogP contribution in [-0.2, 0) is 15.6 Å². The van der Waals surface area contributed by atoms with Crippen LogP contribution in [0.2, 0.25) is 0 Å². The molecule has 8 rings (SSSR count). The SMILES string of the molecule is CC(C)(CO)c1cc(NC(=O)Nc2ccc(-c3cn4c(n3)sc3cc(OCCN5CCOCC5)ccc34)cc2)no1.CC(C)(CO)c1cc(NC(=O)Oc2ccccc2)no1. The lowest BCUT2D eigenvalue weighted by Gasteiger charge is -2.26. The van der Waals surface area contributed by atoms with Crippen LogP contribution in [0.25, 0.3) is 26.4 Å². The van der Waals surface area contributed by atoms with Crippen molar-refractivity contribution in [2.24, 2.45) is 0 Å². The lowest BCUT2D eigenvalue weighted by atomic mass is 9.92. The van der Waals surface area contributed by atoms with Gasteiger partial charge in [-0.2, -0.15) is 0 Å². The molecule has 5 N–H and O–H groups in total. The van der Waals surface area contributed by atoms with Gasteiger partial charge in [0.05, 0.1) is 42.3 Å². The van der Waals surface area contributed by atoms with Crippen LogP contribution in [-0.4, -0.2) is 99.6 Å². The zero-order valence-corrected chi connectivity index (χ0v) is 35.0. The highest BCUT2D eigenvalue weighted by molar-refractivity contribution is 7.23. The summed E-state index contributed by atoms with van der Waals surface area (Å²) in [6.45, 7) is 12.1. The van der Waals surface area contributed by atoms with Crippen LogP contribution in [0.15, 0.2) is 100 Å². The normalized spacial score (nSPS) is 13.4. The van der Waals surface area contributed by atoms with Gasteiger partial charge in [-0.05, 0) is 42.5 Å². The number of ether oxygens (including phenoxy) is 3. The van der Waals surface area contributed by atoms with Crippen molar-refractivity contribution in [2.45, 2.75) is 38.5 Å². The maximum Gasteiger partial charge on any atom is 0.418 e. The minimum absolute atomic E-state index is 0.0872. The molecule has 1 saturated heterocycles. The molecule has 4 aromatic heterocycles. The lowest BCUT2D eigenvalue weighted by Crippen LogP contribution is -2.38. The summed E-state index contributed by atoms with van der Waals surface area (Å²) < 4.78 is 30.0. The molecule has 1 aliphatic heterocycles. The topological polar surface area (TPSA) is 211 Å². The van der Waals surface area contributed by atoms with E-state index in [1.807, 2.05) is 56.4 Å². The molecule has 0 atom stereocenters. The minimum Gasteiger partial charge on any atom is -0.492 e. The number of urea groups is 1. The van der Waals surface area contributed by atoms with Gasteiger partial charge in [0.1, 0.15) is 29.6 Å². The number of carbonyl (C=O) groups excluding carboxylic acids is 2. The molecule has 3 aromatic carbocycles. The van der Waals surface area contributed by atoms with Crippen molar-refractivity contribution in [3.63, 3.8) is 0 Å². The Labute approximate surface area is 355 Å². The number of anilines is 3. The number of aliphatic hydroxyl groups excluding tert-OH is 2. The highest BCUT2D eigenvalue weighted by atomic mass is 32.1. The molecule has 0 saturated carbocycles. The highest BCUT2D eigenvalue weighted by Crippen LogP contribution is 2.32. The van der Waals surface area contributed by atoms with Crippen LogP contribution in [0.5, 0.6) is 11.5 Å². The van der Waals surface area contributed by atoms with E-state index in [0.717, 1.165) is 65.0 Å². The fraction of sp³-hybridized carbons (Fsp3) is 0.326. The van der Waals surface area contributed by atoms with E-state index in [9.17, 15) is 19.8 Å². The summed E-state index contributed by atoms with van der Waals surface area (Å²) in [4.78, 5) is 32.2. The first-order valence-electron chi connectivity index (χ1n) is 19.6. The molecule has 0 spiro atoms. The number of fused-ring (bicyclic) bond motifs is 3. The minimum atomic E-state index is -0.655. The number of aliphatic hydroxyl groups is 2. The Hall–Kier alpha value is -6.31. The van der Waals surface area contributed by atoms with Gasteiger partial charge < -0.3 is 38.8 Å². The zero-order valence-electron chi connectivity index (χ0n) is 34.2. The summed E-state index contributed by atoms with van der Waals surface area (Å²) in [7, 11) is 0. The molecular formula is C43H48N8O9S. The van der Waals surface area contributed by atoms with E-state index in [4.69, 9.17) is 28.2 Å². The average molecular weight is 853 g/mol. The fourth-order valence-corrected chi connectivity index (χ4v) is 7.05. The van der Waals surface area contributed by atoms with Gasteiger partial charge in [0.15, 0.2) is 16.6 Å². The number of amides is 3. The van der Waals surface area contributed by atoms with Crippen molar-refractivity contribution in [1.29, 1.82) is 0 Å². The van der Waals surface area contributed by atoms with Crippen molar-refractivity contribution in [1.82, 2.24) is 24.6 Å². The molecular weight excluding hydrogens is 805 g/mol. The number of hydrogen-bond acceptors (Lipinski definition) is 14. The molecule has 5 heterocycles. The third kappa shape index (κ3) is 10.9. The molecule has 61 heavy (non-hydrogen) atoms. The number of thiazole rings is 1. The van der Waals surface area contributed by atoms with E-state index < -0.39 is 23.0 Å². The predicted octanol–water partition coefficient (Wildman–Crippen LogP) is 7.38. The molecule has 1 aliphatic rings. The zero-order chi connectivity index (χ0) is 43.0. The molecule has 0 bridgehead atoms. The highest BCUT2D eigenvalue weighted by Gasteiger charge is 2.26. The number of rotatable bonds is 13. The van der Waals surface area contributed by atoms with Crippen molar-refractivity contribution < 1.29 is 43.1 Å². The van der Waals surface area contributed by atoms with Gasteiger partial charge >= 0.3 is 12.1 Å². The predicted molar refractivity (Wildman–Crippen MR) is 231 cm³/mol. The Morgan fingerprint density at radius 2 is 1.46 bits per heavy atom. The van der Waals surface area contributed by atoms with Crippen LogP contribution >= 0.6 is 11.3 Å². The Balaban J connectivity index is 0.000000236. The maximum atomic E-state index is 12.4. The van der Waals surface area contributed by atoms with Crippen molar-refractivity contribution in [3.8, 4) is 22.8 Å². The van der Waals surface area contributed by atoms with Crippen LogP contribution in [0.1, 0.15) is 39.2 Å². The molecule has 7 aromatic rings. The van der Waals surface area contributed by atoms with E-state index in [2.05, 4.69) is 47.7 Å². The number of nitrogens with one attached hydrogen (secondary N) is 3. The number of nitrogens with zero attached hydrogens (tertiary/aromatic N) is 5. The Morgan fingerprint density at radius 3 is 2.11 bits per heavy atom. The Kier molecular flexibility index (Phi) is 13.3. The van der Waals surface area contributed by atoms with E-state index in [0.29, 0.717) is 29.6 Å². The largest absolute Gasteiger partial charge is 0.492 e. The third-order valence-electron chi connectivity index (χ3n) is 9.85. The molecule has 1 fully saturated rings. The van der Waals surface area contributed by atoms with Gasteiger partial charge in [-0.25, -0.2) is 14.6 Å².